The molecule has 0 unspecified atom stereocenters. The van der Waals surface area contributed by atoms with Gasteiger partial charge in [0.05, 0.1) is 4.88 Å². The summed E-state index contributed by atoms with van der Waals surface area (Å²) in [4.78, 5) is 16.5. The normalized spacial score (nSPS) is 10.7. The first-order chi connectivity index (χ1) is 8.74. The van der Waals surface area contributed by atoms with E-state index in [9.17, 15) is 4.79 Å². The fourth-order valence-corrected chi connectivity index (χ4v) is 4.54. The SMILES string of the molecule is O=C(Cl)c1ccc(-c2ccc(-c3cccs3)s2)s1. The molecule has 0 bridgehead atoms. The van der Waals surface area contributed by atoms with Crippen molar-refractivity contribution in [3.63, 3.8) is 0 Å². The van der Waals surface area contributed by atoms with E-state index in [4.69, 9.17) is 11.6 Å². The smallest absolute Gasteiger partial charge is 0.262 e. The second-order valence-electron chi connectivity index (χ2n) is 3.58. The summed E-state index contributed by atoms with van der Waals surface area (Å²) >= 11 is 10.4. The third-order valence-corrected chi connectivity index (χ3v) is 6.16. The van der Waals surface area contributed by atoms with Gasteiger partial charge in [-0.15, -0.1) is 34.0 Å². The Kier molecular flexibility index (Phi) is 3.35. The molecular formula is C13H7ClOS3. The molecule has 3 heterocycles. The molecule has 0 saturated carbocycles. The van der Waals surface area contributed by atoms with Gasteiger partial charge in [0.2, 0.25) is 0 Å². The summed E-state index contributed by atoms with van der Waals surface area (Å²) in [6, 6.07) is 12.1. The summed E-state index contributed by atoms with van der Waals surface area (Å²) < 4.78 is 0. The van der Waals surface area contributed by atoms with Crippen LogP contribution in [0.25, 0.3) is 19.5 Å². The Morgan fingerprint density at radius 1 is 0.889 bits per heavy atom. The molecule has 3 rings (SSSR count). The van der Waals surface area contributed by atoms with E-state index in [-0.39, 0.29) is 5.24 Å². The number of carbonyl (C=O) groups excluding carboxylic acids is 1. The van der Waals surface area contributed by atoms with Crippen LogP contribution in [-0.4, -0.2) is 5.24 Å². The minimum absolute atomic E-state index is 0.388. The Hall–Kier alpha value is -0.940. The lowest BCUT2D eigenvalue weighted by atomic mass is 10.3. The van der Waals surface area contributed by atoms with Gasteiger partial charge in [-0.05, 0) is 47.3 Å². The highest BCUT2D eigenvalue weighted by molar-refractivity contribution is 7.26. The summed E-state index contributed by atoms with van der Waals surface area (Å²) in [5.41, 5.74) is 0. The van der Waals surface area contributed by atoms with Gasteiger partial charge in [0.1, 0.15) is 0 Å². The van der Waals surface area contributed by atoms with Gasteiger partial charge in [-0.25, -0.2) is 0 Å². The van der Waals surface area contributed by atoms with Crippen molar-refractivity contribution in [3.8, 4) is 19.5 Å². The van der Waals surface area contributed by atoms with Crippen LogP contribution in [0.2, 0.25) is 0 Å². The molecule has 5 heteroatoms. The number of hydrogen-bond donors (Lipinski definition) is 0. The number of hydrogen-bond acceptors (Lipinski definition) is 4. The standard InChI is InChI=1S/C13H7ClOS3/c14-13(15)12-6-5-11(18-12)10-4-3-9(17-10)8-2-1-7-16-8/h1-7H. The largest absolute Gasteiger partial charge is 0.275 e. The minimum Gasteiger partial charge on any atom is -0.275 e. The zero-order valence-corrected chi connectivity index (χ0v) is 12.3. The number of carbonyl (C=O) groups is 1. The maximum Gasteiger partial charge on any atom is 0.262 e. The van der Waals surface area contributed by atoms with Crippen LogP contribution in [0.4, 0.5) is 0 Å². The van der Waals surface area contributed by atoms with Gasteiger partial charge in [-0.3, -0.25) is 4.79 Å². The summed E-state index contributed by atoms with van der Waals surface area (Å²) in [5, 5.41) is 1.69. The van der Waals surface area contributed by atoms with Crippen LogP contribution in [0.15, 0.2) is 41.8 Å². The summed E-state index contributed by atoms with van der Waals surface area (Å²) in [7, 11) is 0. The average Bonchev–Trinajstić information content (AvgIpc) is 3.10. The number of rotatable bonds is 3. The van der Waals surface area contributed by atoms with E-state index in [0.29, 0.717) is 4.88 Å². The highest BCUT2D eigenvalue weighted by atomic mass is 35.5. The van der Waals surface area contributed by atoms with E-state index in [2.05, 4.69) is 29.6 Å². The predicted molar refractivity (Wildman–Crippen MR) is 81.1 cm³/mol. The summed E-state index contributed by atoms with van der Waals surface area (Å²) in [6.07, 6.45) is 0. The fourth-order valence-electron chi connectivity index (χ4n) is 1.60. The Morgan fingerprint density at radius 2 is 1.56 bits per heavy atom. The van der Waals surface area contributed by atoms with Crippen molar-refractivity contribution in [1.82, 2.24) is 0 Å². The van der Waals surface area contributed by atoms with Crippen LogP contribution in [0.1, 0.15) is 9.67 Å². The first kappa shape index (κ1) is 12.1. The zero-order valence-electron chi connectivity index (χ0n) is 9.05. The molecule has 18 heavy (non-hydrogen) atoms. The van der Waals surface area contributed by atoms with Gasteiger partial charge in [0, 0.05) is 19.5 Å². The number of thiophene rings is 3. The summed E-state index contributed by atoms with van der Waals surface area (Å²) in [5.74, 6) is 0. The van der Waals surface area contributed by atoms with Crippen LogP contribution in [-0.2, 0) is 0 Å². The molecule has 3 aromatic heterocycles. The second-order valence-corrected chi connectivity index (χ2v) is 7.04. The maximum absolute atomic E-state index is 11.1. The monoisotopic (exact) mass is 310 g/mol. The Labute approximate surface area is 121 Å². The highest BCUT2D eigenvalue weighted by Gasteiger charge is 2.10. The molecular weight excluding hydrogens is 304 g/mol. The van der Waals surface area contributed by atoms with Crippen molar-refractivity contribution in [2.75, 3.05) is 0 Å². The Morgan fingerprint density at radius 3 is 2.17 bits per heavy atom. The molecule has 0 fully saturated rings. The van der Waals surface area contributed by atoms with Gasteiger partial charge >= 0.3 is 0 Å². The van der Waals surface area contributed by atoms with Gasteiger partial charge in [-0.2, -0.15) is 0 Å². The fraction of sp³-hybridized carbons (Fsp3) is 0. The average molecular weight is 311 g/mol. The molecule has 0 aromatic carbocycles. The van der Waals surface area contributed by atoms with E-state index < -0.39 is 0 Å². The topological polar surface area (TPSA) is 17.1 Å². The lowest BCUT2D eigenvalue weighted by molar-refractivity contribution is 0.108. The van der Waals surface area contributed by atoms with Crippen LogP contribution in [0.3, 0.4) is 0 Å². The maximum atomic E-state index is 11.1. The van der Waals surface area contributed by atoms with Crippen LogP contribution >= 0.6 is 45.6 Å². The molecule has 3 aromatic rings. The van der Waals surface area contributed by atoms with Crippen molar-refractivity contribution in [3.05, 3.63) is 46.7 Å². The zero-order chi connectivity index (χ0) is 12.5. The van der Waals surface area contributed by atoms with Crippen molar-refractivity contribution >= 4 is 50.9 Å². The van der Waals surface area contributed by atoms with Gasteiger partial charge in [0.15, 0.2) is 0 Å². The first-order valence-corrected chi connectivity index (χ1v) is 8.07. The second kappa shape index (κ2) is 4.97. The molecule has 0 saturated heterocycles. The molecule has 0 aliphatic carbocycles. The minimum atomic E-state index is -0.388. The van der Waals surface area contributed by atoms with Crippen molar-refractivity contribution in [2.24, 2.45) is 0 Å². The van der Waals surface area contributed by atoms with Gasteiger partial charge < -0.3 is 0 Å². The molecule has 0 radical (unpaired) electrons. The lowest BCUT2D eigenvalue weighted by Gasteiger charge is -1.90. The molecule has 0 atom stereocenters. The van der Waals surface area contributed by atoms with E-state index in [0.717, 1.165) is 4.88 Å². The molecule has 0 N–H and O–H groups in total. The van der Waals surface area contributed by atoms with Crippen molar-refractivity contribution < 1.29 is 4.79 Å². The van der Waals surface area contributed by atoms with Crippen molar-refractivity contribution in [2.45, 2.75) is 0 Å². The third kappa shape index (κ3) is 2.29. The van der Waals surface area contributed by atoms with Gasteiger partial charge in [0.25, 0.3) is 5.24 Å². The molecule has 90 valence electrons. The lowest BCUT2D eigenvalue weighted by Crippen LogP contribution is -1.78. The summed E-state index contributed by atoms with van der Waals surface area (Å²) in [6.45, 7) is 0. The Bertz CT molecular complexity index is 679. The highest BCUT2D eigenvalue weighted by Crippen LogP contribution is 2.39. The van der Waals surface area contributed by atoms with E-state index in [1.54, 1.807) is 28.7 Å². The van der Waals surface area contributed by atoms with Crippen LogP contribution < -0.4 is 0 Å². The predicted octanol–water partition coefficient (Wildman–Crippen LogP) is 5.58. The van der Waals surface area contributed by atoms with E-state index in [1.165, 1.54) is 26.0 Å². The van der Waals surface area contributed by atoms with Gasteiger partial charge in [-0.1, -0.05) is 6.07 Å². The van der Waals surface area contributed by atoms with Crippen LogP contribution in [0.5, 0.6) is 0 Å². The first-order valence-electron chi connectivity index (χ1n) is 5.18. The third-order valence-electron chi connectivity index (χ3n) is 2.41. The van der Waals surface area contributed by atoms with E-state index in [1.807, 2.05) is 6.07 Å². The molecule has 0 aliphatic rings. The molecule has 0 spiro atoms. The quantitative estimate of drug-likeness (QED) is 0.577. The van der Waals surface area contributed by atoms with Crippen molar-refractivity contribution in [1.29, 1.82) is 0 Å². The molecule has 0 aliphatic heterocycles. The Balaban J connectivity index is 1.95. The van der Waals surface area contributed by atoms with E-state index >= 15 is 0 Å². The van der Waals surface area contributed by atoms with Crippen LogP contribution in [0, 0.1) is 0 Å². The molecule has 1 nitrogen and oxygen atoms in total. The molecule has 0 amide bonds. The number of halogens is 1.